The predicted octanol–water partition coefficient (Wildman–Crippen LogP) is 3.37. The van der Waals surface area contributed by atoms with Crippen LogP contribution < -0.4 is 0 Å². The zero-order valence-corrected chi connectivity index (χ0v) is 9.19. The molecule has 0 aromatic carbocycles. The Morgan fingerprint density at radius 3 is 2.45 bits per heavy atom. The summed E-state index contributed by atoms with van der Waals surface area (Å²) in [5.41, 5.74) is 0. The van der Waals surface area contributed by atoms with E-state index in [4.69, 9.17) is 4.74 Å². The first-order chi connectivity index (χ1) is 5.35. The molecule has 0 rings (SSSR count). The summed E-state index contributed by atoms with van der Waals surface area (Å²) in [6, 6.07) is 0. The van der Waals surface area contributed by atoms with Crippen molar-refractivity contribution in [2.45, 2.75) is 45.6 Å². The molecule has 0 saturated heterocycles. The number of halogens is 1. The molecule has 0 aliphatic carbocycles. The fourth-order valence-electron chi connectivity index (χ4n) is 1.06. The molecule has 0 aromatic heterocycles. The van der Waals surface area contributed by atoms with Gasteiger partial charge >= 0.3 is 0 Å². The van der Waals surface area contributed by atoms with Crippen molar-refractivity contribution in [1.29, 1.82) is 0 Å². The summed E-state index contributed by atoms with van der Waals surface area (Å²) in [6.45, 7) is 5.11. The third kappa shape index (κ3) is 6.82. The molecule has 11 heavy (non-hydrogen) atoms. The van der Waals surface area contributed by atoms with Gasteiger partial charge in [-0.1, -0.05) is 42.1 Å². The molecule has 0 radical (unpaired) electrons. The Bertz CT molecular complexity index is 76.0. The highest BCUT2D eigenvalue weighted by molar-refractivity contribution is 9.09. The first kappa shape index (κ1) is 11.4. The minimum absolute atomic E-state index is 0.437. The second-order valence-corrected chi connectivity index (χ2v) is 3.37. The second-order valence-electron chi connectivity index (χ2n) is 2.73. The Morgan fingerprint density at radius 2 is 2.00 bits per heavy atom. The highest BCUT2D eigenvalue weighted by Gasteiger charge is 2.04. The second kappa shape index (κ2) is 8.54. The zero-order chi connectivity index (χ0) is 8.53. The van der Waals surface area contributed by atoms with Gasteiger partial charge in [0.1, 0.15) is 0 Å². The summed E-state index contributed by atoms with van der Waals surface area (Å²) >= 11 is 3.44. The smallest absolute Gasteiger partial charge is 0.0671 e. The molecule has 1 nitrogen and oxygen atoms in total. The Balaban J connectivity index is 3.20. The van der Waals surface area contributed by atoms with Crippen LogP contribution in [0.4, 0.5) is 0 Å². The van der Waals surface area contributed by atoms with Gasteiger partial charge in [-0.25, -0.2) is 0 Å². The molecule has 0 aliphatic rings. The van der Waals surface area contributed by atoms with E-state index >= 15 is 0 Å². The zero-order valence-electron chi connectivity index (χ0n) is 7.61. The number of hydrogen-bond acceptors (Lipinski definition) is 1. The van der Waals surface area contributed by atoms with Crippen molar-refractivity contribution in [3.05, 3.63) is 0 Å². The van der Waals surface area contributed by atoms with Gasteiger partial charge in [-0.15, -0.1) is 0 Å². The predicted molar refractivity (Wildman–Crippen MR) is 53.4 cm³/mol. The summed E-state index contributed by atoms with van der Waals surface area (Å²) < 4.78 is 5.49. The van der Waals surface area contributed by atoms with Crippen LogP contribution in [0.15, 0.2) is 0 Å². The molecule has 2 heteroatoms. The van der Waals surface area contributed by atoms with Crippen molar-refractivity contribution in [1.82, 2.24) is 0 Å². The molecule has 0 aliphatic heterocycles. The van der Waals surface area contributed by atoms with Gasteiger partial charge in [0.2, 0.25) is 0 Å². The average Bonchev–Trinajstić information content (AvgIpc) is 2.03. The standard InChI is InChI=1S/C9H19BrO/c1-3-5-6-7-9(8-10)11-4-2/h9H,3-8H2,1-2H3. The minimum Gasteiger partial charge on any atom is -0.378 e. The van der Waals surface area contributed by atoms with E-state index in [1.165, 1.54) is 25.7 Å². The highest BCUT2D eigenvalue weighted by atomic mass is 79.9. The molecule has 1 atom stereocenters. The van der Waals surface area contributed by atoms with E-state index in [2.05, 4.69) is 29.8 Å². The van der Waals surface area contributed by atoms with E-state index in [1.54, 1.807) is 0 Å². The molecular weight excluding hydrogens is 204 g/mol. The van der Waals surface area contributed by atoms with Crippen LogP contribution in [0.5, 0.6) is 0 Å². The molecule has 0 N–H and O–H groups in total. The van der Waals surface area contributed by atoms with E-state index in [0.29, 0.717) is 6.10 Å². The topological polar surface area (TPSA) is 9.23 Å². The lowest BCUT2D eigenvalue weighted by molar-refractivity contribution is 0.0726. The largest absolute Gasteiger partial charge is 0.378 e. The number of rotatable bonds is 7. The van der Waals surface area contributed by atoms with Gasteiger partial charge in [0.05, 0.1) is 6.10 Å². The minimum atomic E-state index is 0.437. The van der Waals surface area contributed by atoms with Crippen molar-refractivity contribution < 1.29 is 4.74 Å². The van der Waals surface area contributed by atoms with E-state index in [1.807, 2.05) is 0 Å². The molecule has 1 unspecified atom stereocenters. The number of unbranched alkanes of at least 4 members (excludes halogenated alkanes) is 2. The van der Waals surface area contributed by atoms with Crippen LogP contribution in [0.1, 0.15) is 39.5 Å². The summed E-state index contributed by atoms with van der Waals surface area (Å²) in [5.74, 6) is 0. The third-order valence-corrected chi connectivity index (χ3v) is 2.43. The number of hydrogen-bond donors (Lipinski definition) is 0. The molecule has 0 amide bonds. The molecular formula is C9H19BrO. The SMILES string of the molecule is CCCCCC(CBr)OCC. The maximum atomic E-state index is 5.49. The van der Waals surface area contributed by atoms with Gasteiger partial charge in [-0.3, -0.25) is 0 Å². The van der Waals surface area contributed by atoms with E-state index in [0.717, 1.165) is 11.9 Å². The lowest BCUT2D eigenvalue weighted by Gasteiger charge is -2.12. The Kier molecular flexibility index (Phi) is 8.88. The van der Waals surface area contributed by atoms with Crippen LogP contribution in [0.25, 0.3) is 0 Å². The fourth-order valence-corrected chi connectivity index (χ4v) is 1.57. The lowest BCUT2D eigenvalue weighted by atomic mass is 10.1. The van der Waals surface area contributed by atoms with E-state index in [-0.39, 0.29) is 0 Å². The normalized spacial score (nSPS) is 13.4. The van der Waals surface area contributed by atoms with Crippen molar-refractivity contribution in [2.24, 2.45) is 0 Å². The Hall–Kier alpha value is 0.440. The van der Waals surface area contributed by atoms with Crippen LogP contribution in [0.2, 0.25) is 0 Å². The third-order valence-electron chi connectivity index (χ3n) is 1.70. The summed E-state index contributed by atoms with van der Waals surface area (Å²) in [7, 11) is 0. The van der Waals surface area contributed by atoms with Crippen LogP contribution in [0.3, 0.4) is 0 Å². The molecule has 0 bridgehead atoms. The van der Waals surface area contributed by atoms with Crippen LogP contribution >= 0.6 is 15.9 Å². The summed E-state index contributed by atoms with van der Waals surface area (Å²) in [4.78, 5) is 0. The van der Waals surface area contributed by atoms with Crippen molar-refractivity contribution >= 4 is 15.9 Å². The quantitative estimate of drug-likeness (QED) is 0.475. The molecule has 68 valence electrons. The first-order valence-electron chi connectivity index (χ1n) is 4.52. The molecule has 0 heterocycles. The molecule has 0 aromatic rings. The van der Waals surface area contributed by atoms with Gasteiger partial charge in [-0.05, 0) is 13.3 Å². The van der Waals surface area contributed by atoms with Crippen molar-refractivity contribution in [3.8, 4) is 0 Å². The Morgan fingerprint density at radius 1 is 1.27 bits per heavy atom. The summed E-state index contributed by atoms with van der Waals surface area (Å²) in [6.07, 6.45) is 5.56. The molecule has 0 fully saturated rings. The molecule has 0 saturated carbocycles. The maximum Gasteiger partial charge on any atom is 0.0671 e. The molecule has 0 spiro atoms. The van der Waals surface area contributed by atoms with Crippen LogP contribution in [0, 0.1) is 0 Å². The number of ether oxygens (including phenoxy) is 1. The maximum absolute atomic E-state index is 5.49. The van der Waals surface area contributed by atoms with Gasteiger partial charge in [0, 0.05) is 11.9 Å². The van der Waals surface area contributed by atoms with Crippen LogP contribution in [-0.2, 0) is 4.74 Å². The monoisotopic (exact) mass is 222 g/mol. The van der Waals surface area contributed by atoms with Crippen LogP contribution in [-0.4, -0.2) is 18.0 Å². The summed E-state index contributed by atoms with van der Waals surface area (Å²) in [5, 5.41) is 0.977. The first-order valence-corrected chi connectivity index (χ1v) is 5.64. The van der Waals surface area contributed by atoms with Gasteiger partial charge in [-0.2, -0.15) is 0 Å². The highest BCUT2D eigenvalue weighted by Crippen LogP contribution is 2.08. The van der Waals surface area contributed by atoms with E-state index in [9.17, 15) is 0 Å². The lowest BCUT2D eigenvalue weighted by Crippen LogP contribution is -2.14. The van der Waals surface area contributed by atoms with Gasteiger partial charge in [0.25, 0.3) is 0 Å². The fraction of sp³-hybridized carbons (Fsp3) is 1.00. The van der Waals surface area contributed by atoms with Gasteiger partial charge < -0.3 is 4.74 Å². The van der Waals surface area contributed by atoms with Crippen molar-refractivity contribution in [2.75, 3.05) is 11.9 Å². The number of alkyl halides is 1. The van der Waals surface area contributed by atoms with Gasteiger partial charge in [0.15, 0.2) is 0 Å². The Labute approximate surface area is 78.6 Å². The average molecular weight is 223 g/mol. The van der Waals surface area contributed by atoms with Crippen molar-refractivity contribution in [3.63, 3.8) is 0 Å². The van der Waals surface area contributed by atoms with E-state index < -0.39 is 0 Å².